The van der Waals surface area contributed by atoms with Gasteiger partial charge in [0.05, 0.1) is 12.0 Å². The zero-order chi connectivity index (χ0) is 11.0. The molecule has 0 aliphatic heterocycles. The minimum absolute atomic E-state index is 0.0470. The molecule has 0 aromatic rings. The molecule has 0 amide bonds. The van der Waals surface area contributed by atoms with Gasteiger partial charge in [0, 0.05) is 6.54 Å². The Bertz CT molecular complexity index is 159. The number of ether oxygens (including phenoxy) is 1. The zero-order valence-corrected chi connectivity index (χ0v) is 9.80. The van der Waals surface area contributed by atoms with Gasteiger partial charge in [-0.1, -0.05) is 27.2 Å². The number of carbonyl (C=O) groups excluding carboxylic acids is 1. The Balaban J connectivity index is 3.71. The molecular weight excluding hydrogens is 178 g/mol. The predicted octanol–water partition coefficient (Wildman–Crippen LogP) is 1.96. The van der Waals surface area contributed by atoms with Crippen LogP contribution in [0.3, 0.4) is 0 Å². The van der Waals surface area contributed by atoms with Gasteiger partial charge in [-0.25, -0.2) is 0 Å². The van der Waals surface area contributed by atoms with E-state index >= 15 is 0 Å². The van der Waals surface area contributed by atoms with Crippen LogP contribution in [0.2, 0.25) is 0 Å². The van der Waals surface area contributed by atoms with Gasteiger partial charge in [0.25, 0.3) is 0 Å². The van der Waals surface area contributed by atoms with E-state index in [2.05, 4.69) is 12.2 Å². The first-order chi connectivity index (χ1) is 6.61. The highest BCUT2D eigenvalue weighted by Crippen LogP contribution is 2.05. The molecule has 1 N–H and O–H groups in total. The van der Waals surface area contributed by atoms with Gasteiger partial charge in [-0.2, -0.15) is 0 Å². The Labute approximate surface area is 87.2 Å². The van der Waals surface area contributed by atoms with Crippen molar-refractivity contribution in [1.29, 1.82) is 0 Å². The van der Waals surface area contributed by atoms with E-state index in [0.29, 0.717) is 6.54 Å². The quantitative estimate of drug-likeness (QED) is 0.640. The van der Waals surface area contributed by atoms with Crippen molar-refractivity contribution in [2.24, 2.45) is 5.92 Å². The second kappa shape index (κ2) is 7.80. The molecule has 0 heterocycles. The predicted molar refractivity (Wildman–Crippen MR) is 58.2 cm³/mol. The smallest absolute Gasteiger partial charge is 0.310 e. The first-order valence-electron chi connectivity index (χ1n) is 5.53. The number of hydrogen-bond acceptors (Lipinski definition) is 3. The van der Waals surface area contributed by atoms with Gasteiger partial charge in [0.1, 0.15) is 0 Å². The summed E-state index contributed by atoms with van der Waals surface area (Å²) in [5, 5.41) is 3.13. The maximum Gasteiger partial charge on any atom is 0.310 e. The van der Waals surface area contributed by atoms with Gasteiger partial charge < -0.3 is 10.1 Å². The van der Waals surface area contributed by atoms with Gasteiger partial charge in [0.2, 0.25) is 0 Å². The maximum atomic E-state index is 11.5. The molecule has 0 aliphatic rings. The average Bonchev–Trinajstić information content (AvgIpc) is 2.14. The average molecular weight is 201 g/mol. The molecule has 0 rings (SSSR count). The van der Waals surface area contributed by atoms with Crippen LogP contribution in [0.5, 0.6) is 0 Å². The maximum absolute atomic E-state index is 11.5. The summed E-state index contributed by atoms with van der Waals surface area (Å²) in [7, 11) is 0. The third-order valence-corrected chi connectivity index (χ3v) is 2.12. The lowest BCUT2D eigenvalue weighted by Crippen LogP contribution is -2.29. The van der Waals surface area contributed by atoms with E-state index in [9.17, 15) is 4.79 Å². The van der Waals surface area contributed by atoms with Crippen molar-refractivity contribution in [2.75, 3.05) is 13.1 Å². The van der Waals surface area contributed by atoms with E-state index in [0.717, 1.165) is 19.4 Å². The molecule has 0 aromatic carbocycles. The molecule has 2 unspecified atom stereocenters. The summed E-state index contributed by atoms with van der Waals surface area (Å²) in [5.41, 5.74) is 0. The highest BCUT2D eigenvalue weighted by molar-refractivity contribution is 5.72. The molecule has 0 saturated carbocycles. The summed E-state index contributed by atoms with van der Waals surface area (Å²) in [5.74, 6) is -0.138. The van der Waals surface area contributed by atoms with Crippen molar-refractivity contribution in [2.45, 2.75) is 46.6 Å². The van der Waals surface area contributed by atoms with Gasteiger partial charge in [0.15, 0.2) is 0 Å². The van der Waals surface area contributed by atoms with Crippen LogP contribution in [-0.4, -0.2) is 25.2 Å². The first-order valence-corrected chi connectivity index (χ1v) is 5.53. The Morgan fingerprint density at radius 1 is 1.36 bits per heavy atom. The van der Waals surface area contributed by atoms with Crippen LogP contribution in [0.4, 0.5) is 0 Å². The lowest BCUT2D eigenvalue weighted by atomic mass is 10.2. The summed E-state index contributed by atoms with van der Waals surface area (Å²) in [6.07, 6.45) is 2.05. The molecule has 14 heavy (non-hydrogen) atoms. The zero-order valence-electron chi connectivity index (χ0n) is 9.80. The summed E-state index contributed by atoms with van der Waals surface area (Å²) in [6.45, 7) is 9.55. The van der Waals surface area contributed by atoms with Gasteiger partial charge >= 0.3 is 5.97 Å². The second-order valence-electron chi connectivity index (χ2n) is 3.74. The largest absolute Gasteiger partial charge is 0.462 e. The number of carbonyl (C=O) groups is 1. The lowest BCUT2D eigenvalue weighted by molar-refractivity contribution is -0.152. The van der Waals surface area contributed by atoms with Crippen LogP contribution in [-0.2, 0) is 9.53 Å². The molecule has 0 saturated heterocycles. The number of hydrogen-bond donors (Lipinski definition) is 1. The van der Waals surface area contributed by atoms with Crippen LogP contribution < -0.4 is 5.32 Å². The van der Waals surface area contributed by atoms with Gasteiger partial charge in [-0.3, -0.25) is 4.79 Å². The van der Waals surface area contributed by atoms with E-state index in [4.69, 9.17) is 4.74 Å². The van der Waals surface area contributed by atoms with Crippen molar-refractivity contribution in [3.8, 4) is 0 Å². The van der Waals surface area contributed by atoms with Gasteiger partial charge in [-0.15, -0.1) is 0 Å². The Kier molecular flexibility index (Phi) is 7.48. The molecule has 0 radical (unpaired) electrons. The van der Waals surface area contributed by atoms with Crippen LogP contribution >= 0.6 is 0 Å². The summed E-state index contributed by atoms with van der Waals surface area (Å²) in [6, 6.07) is 0. The minimum Gasteiger partial charge on any atom is -0.462 e. The van der Waals surface area contributed by atoms with E-state index in [-0.39, 0.29) is 18.0 Å². The van der Waals surface area contributed by atoms with Gasteiger partial charge in [-0.05, 0) is 19.9 Å². The lowest BCUT2D eigenvalue weighted by Gasteiger charge is -2.16. The Hall–Kier alpha value is -0.570. The molecule has 0 spiro atoms. The summed E-state index contributed by atoms with van der Waals surface area (Å²) in [4.78, 5) is 11.5. The van der Waals surface area contributed by atoms with Crippen molar-refractivity contribution >= 4 is 5.97 Å². The number of esters is 1. The topological polar surface area (TPSA) is 38.3 Å². The monoisotopic (exact) mass is 201 g/mol. The van der Waals surface area contributed by atoms with Crippen LogP contribution in [0, 0.1) is 5.92 Å². The highest BCUT2D eigenvalue weighted by Gasteiger charge is 2.16. The Morgan fingerprint density at radius 3 is 2.50 bits per heavy atom. The molecule has 84 valence electrons. The van der Waals surface area contributed by atoms with E-state index in [1.54, 1.807) is 0 Å². The van der Waals surface area contributed by atoms with Crippen molar-refractivity contribution in [3.63, 3.8) is 0 Å². The van der Waals surface area contributed by atoms with Crippen molar-refractivity contribution < 1.29 is 9.53 Å². The van der Waals surface area contributed by atoms with E-state index in [1.165, 1.54) is 0 Å². The number of rotatable bonds is 7. The molecule has 0 bridgehead atoms. The Morgan fingerprint density at radius 2 is 2.00 bits per heavy atom. The van der Waals surface area contributed by atoms with Crippen molar-refractivity contribution in [3.05, 3.63) is 0 Å². The van der Waals surface area contributed by atoms with E-state index < -0.39 is 0 Å². The van der Waals surface area contributed by atoms with E-state index in [1.807, 2.05) is 20.8 Å². The fourth-order valence-electron chi connectivity index (χ4n) is 1.22. The summed E-state index contributed by atoms with van der Waals surface area (Å²) >= 11 is 0. The third-order valence-electron chi connectivity index (χ3n) is 2.12. The van der Waals surface area contributed by atoms with Crippen molar-refractivity contribution in [1.82, 2.24) is 5.32 Å². The fraction of sp³-hybridized carbons (Fsp3) is 0.909. The molecule has 0 aromatic heterocycles. The summed E-state index contributed by atoms with van der Waals surface area (Å²) < 4.78 is 5.27. The standard InChI is InChI=1S/C11H23NO2/c1-5-7-10(4)14-11(13)9(3)8-12-6-2/h9-10,12H,5-8H2,1-4H3. The number of nitrogens with one attached hydrogen (secondary N) is 1. The SMILES string of the molecule is CCCC(C)OC(=O)C(C)CNCC. The second-order valence-corrected chi connectivity index (χ2v) is 3.74. The fourth-order valence-corrected chi connectivity index (χ4v) is 1.22. The third kappa shape index (κ3) is 5.97. The van der Waals surface area contributed by atoms with Crippen LogP contribution in [0.1, 0.15) is 40.5 Å². The molecule has 3 heteroatoms. The minimum atomic E-state index is -0.0908. The molecule has 2 atom stereocenters. The van der Waals surface area contributed by atoms with Crippen LogP contribution in [0.25, 0.3) is 0 Å². The molecular formula is C11H23NO2. The molecule has 0 aliphatic carbocycles. The normalized spacial score (nSPS) is 14.9. The molecule has 3 nitrogen and oxygen atoms in total. The first kappa shape index (κ1) is 13.4. The highest BCUT2D eigenvalue weighted by atomic mass is 16.5. The van der Waals surface area contributed by atoms with Crippen LogP contribution in [0.15, 0.2) is 0 Å². The molecule has 0 fully saturated rings.